The molecule has 2 aromatic rings. The van der Waals surface area contributed by atoms with E-state index in [4.69, 9.17) is 20.8 Å². The lowest BCUT2D eigenvalue weighted by Gasteiger charge is -2.14. The monoisotopic (exact) mass is 335 g/mol. The number of nitrogens with one attached hydrogen (secondary N) is 1. The van der Waals surface area contributed by atoms with Crippen molar-refractivity contribution in [2.75, 3.05) is 5.32 Å². The predicted molar refractivity (Wildman–Crippen MR) is 87.4 cm³/mol. The topological polar surface area (TPSA) is 68.5 Å². The van der Waals surface area contributed by atoms with E-state index < -0.39 is 18.0 Å². The molecule has 1 N–H and O–H groups in total. The van der Waals surface area contributed by atoms with Gasteiger partial charge in [0.25, 0.3) is 5.91 Å². The number of anilines is 1. The van der Waals surface area contributed by atoms with Crippen molar-refractivity contribution in [3.63, 3.8) is 0 Å². The average Bonchev–Trinajstić information content (AvgIpc) is 3.02. The summed E-state index contributed by atoms with van der Waals surface area (Å²) < 4.78 is 10.3. The number of halogens is 1. The molecule has 23 heavy (non-hydrogen) atoms. The normalized spacial score (nSPS) is 11.8. The molecule has 6 heteroatoms. The number of carbonyl (C=O) groups is 2. The summed E-state index contributed by atoms with van der Waals surface area (Å²) in [5.41, 5.74) is 1.47. The highest BCUT2D eigenvalue weighted by Gasteiger charge is 2.18. The summed E-state index contributed by atoms with van der Waals surface area (Å²) in [4.78, 5) is 23.9. The summed E-state index contributed by atoms with van der Waals surface area (Å²) in [5, 5.41) is 3.23. The van der Waals surface area contributed by atoms with E-state index in [0.29, 0.717) is 22.9 Å². The van der Waals surface area contributed by atoms with Crippen LogP contribution in [-0.4, -0.2) is 18.0 Å². The summed E-state index contributed by atoms with van der Waals surface area (Å²) in [6.45, 7) is 3.38. The van der Waals surface area contributed by atoms with E-state index in [0.717, 1.165) is 5.56 Å². The van der Waals surface area contributed by atoms with E-state index in [1.54, 1.807) is 36.6 Å². The molecule has 1 amide bonds. The first-order chi connectivity index (χ1) is 11.0. The Morgan fingerprint density at radius 3 is 2.83 bits per heavy atom. The maximum atomic E-state index is 12.1. The molecule has 1 aromatic heterocycles. The van der Waals surface area contributed by atoms with Crippen LogP contribution in [0.5, 0.6) is 0 Å². The second kappa shape index (κ2) is 7.83. The molecule has 0 aliphatic carbocycles. The fraction of sp³-hybridized carbons (Fsp3) is 0.294. The molecule has 5 nitrogen and oxygen atoms in total. The van der Waals surface area contributed by atoms with Gasteiger partial charge >= 0.3 is 5.97 Å². The van der Waals surface area contributed by atoms with Crippen LogP contribution in [0.3, 0.4) is 0 Å². The van der Waals surface area contributed by atoms with Gasteiger partial charge in [0.2, 0.25) is 0 Å². The molecule has 0 unspecified atom stereocenters. The van der Waals surface area contributed by atoms with E-state index in [1.165, 1.54) is 6.92 Å². The number of aryl methyl sites for hydroxylation is 2. The van der Waals surface area contributed by atoms with Crippen LogP contribution >= 0.6 is 11.6 Å². The van der Waals surface area contributed by atoms with Crippen molar-refractivity contribution in [3.05, 3.63) is 52.9 Å². The third-order valence-corrected chi connectivity index (χ3v) is 3.53. The minimum absolute atomic E-state index is 0.154. The molecule has 0 aliphatic rings. The summed E-state index contributed by atoms with van der Waals surface area (Å²) in [6.07, 6.45) is 1.25. The highest BCUT2D eigenvalue weighted by molar-refractivity contribution is 6.31. The summed E-state index contributed by atoms with van der Waals surface area (Å²) in [7, 11) is 0. The van der Waals surface area contributed by atoms with Crippen molar-refractivity contribution in [2.45, 2.75) is 32.8 Å². The number of carbonyl (C=O) groups excluding carboxylic acids is 2. The number of hydrogen-bond acceptors (Lipinski definition) is 4. The Labute approximate surface area is 139 Å². The first-order valence-electron chi connectivity index (χ1n) is 7.24. The quantitative estimate of drug-likeness (QED) is 0.816. The van der Waals surface area contributed by atoms with E-state index in [1.807, 2.05) is 6.92 Å². The standard InChI is InChI=1S/C17H18ClNO4/c1-11-5-6-13(18)10-15(11)19-17(21)12(2)23-16(20)8-7-14-4-3-9-22-14/h3-6,9-10,12H,7-8H2,1-2H3,(H,19,21)/t12-/m0/s1. The van der Waals surface area contributed by atoms with Crippen LogP contribution in [0.1, 0.15) is 24.7 Å². The summed E-state index contributed by atoms with van der Waals surface area (Å²) >= 11 is 5.91. The van der Waals surface area contributed by atoms with E-state index in [-0.39, 0.29) is 6.42 Å². The van der Waals surface area contributed by atoms with Gasteiger partial charge in [-0.1, -0.05) is 17.7 Å². The minimum Gasteiger partial charge on any atom is -0.469 e. The second-order valence-corrected chi connectivity index (χ2v) is 5.60. The molecular weight excluding hydrogens is 318 g/mol. The van der Waals surface area contributed by atoms with Crippen LogP contribution < -0.4 is 5.32 Å². The number of amides is 1. The average molecular weight is 336 g/mol. The zero-order valence-electron chi connectivity index (χ0n) is 13.0. The molecule has 1 heterocycles. The Morgan fingerprint density at radius 1 is 1.35 bits per heavy atom. The Hall–Kier alpha value is -2.27. The van der Waals surface area contributed by atoms with Gasteiger partial charge in [0, 0.05) is 17.1 Å². The SMILES string of the molecule is Cc1ccc(Cl)cc1NC(=O)[C@H](C)OC(=O)CCc1ccco1. The third-order valence-electron chi connectivity index (χ3n) is 3.29. The molecule has 0 aliphatic heterocycles. The Bertz CT molecular complexity index is 682. The van der Waals surface area contributed by atoms with Crippen LogP contribution in [0.25, 0.3) is 0 Å². The van der Waals surface area contributed by atoms with Crippen molar-refractivity contribution in [1.29, 1.82) is 0 Å². The van der Waals surface area contributed by atoms with Crippen molar-refractivity contribution >= 4 is 29.2 Å². The van der Waals surface area contributed by atoms with Crippen LogP contribution in [0.15, 0.2) is 41.0 Å². The highest BCUT2D eigenvalue weighted by Crippen LogP contribution is 2.20. The molecular formula is C17H18ClNO4. The zero-order valence-corrected chi connectivity index (χ0v) is 13.7. The fourth-order valence-corrected chi connectivity index (χ4v) is 2.13. The Balaban J connectivity index is 1.84. The van der Waals surface area contributed by atoms with Crippen molar-refractivity contribution in [1.82, 2.24) is 0 Å². The van der Waals surface area contributed by atoms with Gasteiger partial charge in [-0.25, -0.2) is 0 Å². The van der Waals surface area contributed by atoms with Crippen molar-refractivity contribution in [3.8, 4) is 0 Å². The van der Waals surface area contributed by atoms with Crippen molar-refractivity contribution < 1.29 is 18.7 Å². The van der Waals surface area contributed by atoms with Gasteiger partial charge in [0.1, 0.15) is 5.76 Å². The third kappa shape index (κ3) is 5.14. The summed E-state index contributed by atoms with van der Waals surface area (Å²) in [5.74, 6) is -0.151. The van der Waals surface area contributed by atoms with Gasteiger partial charge in [0.05, 0.1) is 12.7 Å². The molecule has 1 atom stereocenters. The first kappa shape index (κ1) is 17.1. The molecule has 0 fully saturated rings. The number of hydrogen-bond donors (Lipinski definition) is 1. The fourth-order valence-electron chi connectivity index (χ4n) is 1.95. The van der Waals surface area contributed by atoms with Gasteiger partial charge in [-0.15, -0.1) is 0 Å². The number of ether oxygens (including phenoxy) is 1. The highest BCUT2D eigenvalue weighted by atomic mass is 35.5. The molecule has 2 rings (SSSR count). The number of furan rings is 1. The molecule has 0 spiro atoms. The molecule has 122 valence electrons. The largest absolute Gasteiger partial charge is 0.469 e. The smallest absolute Gasteiger partial charge is 0.307 e. The molecule has 0 bridgehead atoms. The van der Waals surface area contributed by atoms with Gasteiger partial charge in [-0.2, -0.15) is 0 Å². The lowest BCUT2D eigenvalue weighted by atomic mass is 10.2. The molecule has 1 aromatic carbocycles. The summed E-state index contributed by atoms with van der Waals surface area (Å²) in [6, 6.07) is 8.73. The maximum Gasteiger partial charge on any atom is 0.307 e. The van der Waals surface area contributed by atoms with Crippen LogP contribution in [-0.2, 0) is 20.7 Å². The minimum atomic E-state index is -0.891. The molecule has 0 radical (unpaired) electrons. The Morgan fingerprint density at radius 2 is 2.13 bits per heavy atom. The lowest BCUT2D eigenvalue weighted by molar-refractivity contribution is -0.153. The van der Waals surface area contributed by atoms with E-state index in [2.05, 4.69) is 5.32 Å². The molecule has 0 saturated carbocycles. The van der Waals surface area contributed by atoms with E-state index in [9.17, 15) is 9.59 Å². The predicted octanol–water partition coefficient (Wildman–Crippen LogP) is 3.74. The number of benzene rings is 1. The van der Waals surface area contributed by atoms with Gasteiger partial charge < -0.3 is 14.5 Å². The Kier molecular flexibility index (Phi) is 5.82. The van der Waals surface area contributed by atoms with Crippen LogP contribution in [0.4, 0.5) is 5.69 Å². The maximum absolute atomic E-state index is 12.1. The lowest BCUT2D eigenvalue weighted by Crippen LogP contribution is -2.30. The van der Waals surface area contributed by atoms with Gasteiger partial charge in [0.15, 0.2) is 6.10 Å². The van der Waals surface area contributed by atoms with Gasteiger partial charge in [-0.3, -0.25) is 9.59 Å². The van der Waals surface area contributed by atoms with Gasteiger partial charge in [-0.05, 0) is 43.7 Å². The number of esters is 1. The second-order valence-electron chi connectivity index (χ2n) is 5.16. The van der Waals surface area contributed by atoms with E-state index >= 15 is 0 Å². The number of rotatable bonds is 6. The van der Waals surface area contributed by atoms with Crippen molar-refractivity contribution in [2.24, 2.45) is 0 Å². The zero-order chi connectivity index (χ0) is 16.8. The molecule has 0 saturated heterocycles. The van der Waals surface area contributed by atoms with Crippen LogP contribution in [0.2, 0.25) is 5.02 Å². The van der Waals surface area contributed by atoms with Crippen LogP contribution in [0, 0.1) is 6.92 Å². The first-order valence-corrected chi connectivity index (χ1v) is 7.62.